The first kappa shape index (κ1) is 14.7. The third-order valence-electron chi connectivity index (χ3n) is 5.25. The van der Waals surface area contributed by atoms with Crippen LogP contribution >= 0.6 is 0 Å². The Kier molecular flexibility index (Phi) is 3.83. The molecule has 122 valence electrons. The van der Waals surface area contributed by atoms with Gasteiger partial charge in [-0.1, -0.05) is 6.42 Å². The van der Waals surface area contributed by atoms with Crippen molar-refractivity contribution in [2.45, 2.75) is 31.4 Å². The Bertz CT molecular complexity index is 711. The number of aromatic amines is 1. The molecular weight excluding hydrogens is 292 g/mol. The fourth-order valence-corrected chi connectivity index (χ4v) is 4.00. The molecule has 0 radical (unpaired) electrons. The van der Waals surface area contributed by atoms with E-state index in [4.69, 9.17) is 4.74 Å². The van der Waals surface area contributed by atoms with Crippen molar-refractivity contribution in [1.82, 2.24) is 9.88 Å². The van der Waals surface area contributed by atoms with E-state index in [-0.39, 0.29) is 24.0 Å². The van der Waals surface area contributed by atoms with Gasteiger partial charge < -0.3 is 19.7 Å². The molecule has 2 aliphatic rings. The molecule has 0 unspecified atom stereocenters. The van der Waals surface area contributed by atoms with Crippen molar-refractivity contribution < 1.29 is 14.6 Å². The van der Waals surface area contributed by atoms with E-state index in [1.165, 1.54) is 0 Å². The topological polar surface area (TPSA) is 65.6 Å². The first-order valence-corrected chi connectivity index (χ1v) is 8.38. The third-order valence-corrected chi connectivity index (χ3v) is 5.25. The summed E-state index contributed by atoms with van der Waals surface area (Å²) in [4.78, 5) is 18.1. The summed E-state index contributed by atoms with van der Waals surface area (Å²) < 4.78 is 5.61. The van der Waals surface area contributed by atoms with Crippen molar-refractivity contribution in [3.8, 4) is 0 Å². The maximum absolute atomic E-state index is 13.0. The Morgan fingerprint density at radius 2 is 2.22 bits per heavy atom. The molecule has 1 saturated heterocycles. The number of aliphatic hydroxyl groups is 1. The number of rotatable bonds is 2. The number of carbonyl (C=O) groups excluding carboxylic acids is 1. The van der Waals surface area contributed by atoms with Crippen molar-refractivity contribution in [1.29, 1.82) is 0 Å². The van der Waals surface area contributed by atoms with Gasteiger partial charge in [0.15, 0.2) is 0 Å². The number of hydrogen-bond acceptors (Lipinski definition) is 3. The molecule has 1 aliphatic carbocycles. The molecule has 1 aliphatic heterocycles. The predicted octanol–water partition coefficient (Wildman–Crippen LogP) is 2.17. The van der Waals surface area contributed by atoms with Gasteiger partial charge in [-0.2, -0.15) is 0 Å². The standard InChI is InChI=1S/C18H22N2O3/c21-17-3-1-2-14(17)16-11-23-9-8-20(16)18(22)13-4-5-15-12(10-13)6-7-19-15/h4-7,10,14,16-17,19,21H,1-3,8-9,11H2/t14-,16+,17+/m0/s1. The van der Waals surface area contributed by atoms with Crippen molar-refractivity contribution >= 4 is 16.8 Å². The number of amides is 1. The molecule has 5 heteroatoms. The lowest BCUT2D eigenvalue weighted by Crippen LogP contribution is -2.53. The molecule has 1 amide bonds. The Morgan fingerprint density at radius 3 is 3.04 bits per heavy atom. The van der Waals surface area contributed by atoms with Gasteiger partial charge in [-0.15, -0.1) is 0 Å². The molecule has 2 fully saturated rings. The van der Waals surface area contributed by atoms with Crippen LogP contribution in [0, 0.1) is 5.92 Å². The van der Waals surface area contributed by atoms with Crippen molar-refractivity contribution in [2.24, 2.45) is 5.92 Å². The Morgan fingerprint density at radius 1 is 1.30 bits per heavy atom. The summed E-state index contributed by atoms with van der Waals surface area (Å²) in [5.74, 6) is 0.177. The highest BCUT2D eigenvalue weighted by Gasteiger charge is 2.39. The van der Waals surface area contributed by atoms with Crippen LogP contribution < -0.4 is 0 Å². The van der Waals surface area contributed by atoms with Crippen LogP contribution in [0.5, 0.6) is 0 Å². The molecule has 4 rings (SSSR count). The predicted molar refractivity (Wildman–Crippen MR) is 87.3 cm³/mol. The van der Waals surface area contributed by atoms with Gasteiger partial charge in [-0.3, -0.25) is 4.79 Å². The number of ether oxygens (including phenoxy) is 1. The highest BCUT2D eigenvalue weighted by atomic mass is 16.5. The number of aromatic nitrogens is 1. The summed E-state index contributed by atoms with van der Waals surface area (Å²) in [6.07, 6.45) is 4.39. The minimum atomic E-state index is -0.316. The van der Waals surface area contributed by atoms with E-state index in [9.17, 15) is 9.90 Å². The highest BCUT2D eigenvalue weighted by Crippen LogP contribution is 2.33. The molecule has 2 aromatic rings. The van der Waals surface area contributed by atoms with Gasteiger partial charge in [0, 0.05) is 35.1 Å². The number of nitrogens with one attached hydrogen (secondary N) is 1. The van der Waals surface area contributed by atoms with Crippen LogP contribution in [0.15, 0.2) is 30.5 Å². The molecule has 3 atom stereocenters. The van der Waals surface area contributed by atoms with Gasteiger partial charge in [0.05, 0.1) is 25.4 Å². The van der Waals surface area contributed by atoms with E-state index in [1.54, 1.807) is 0 Å². The second-order valence-corrected chi connectivity index (χ2v) is 6.58. The number of carbonyl (C=O) groups is 1. The van der Waals surface area contributed by atoms with Crippen LogP contribution in [0.4, 0.5) is 0 Å². The number of benzene rings is 1. The zero-order chi connectivity index (χ0) is 15.8. The molecule has 0 spiro atoms. The van der Waals surface area contributed by atoms with Crippen LogP contribution in [-0.4, -0.2) is 52.8 Å². The lowest BCUT2D eigenvalue weighted by Gasteiger charge is -2.40. The molecule has 1 aromatic heterocycles. The maximum Gasteiger partial charge on any atom is 0.254 e. The van der Waals surface area contributed by atoms with Crippen molar-refractivity contribution in [3.63, 3.8) is 0 Å². The largest absolute Gasteiger partial charge is 0.393 e. The zero-order valence-electron chi connectivity index (χ0n) is 13.1. The number of H-pyrrole nitrogens is 1. The first-order chi connectivity index (χ1) is 11.2. The van der Waals surface area contributed by atoms with E-state index in [0.717, 1.165) is 30.2 Å². The minimum absolute atomic E-state index is 0.0179. The summed E-state index contributed by atoms with van der Waals surface area (Å²) in [7, 11) is 0. The fourth-order valence-electron chi connectivity index (χ4n) is 4.00. The molecule has 23 heavy (non-hydrogen) atoms. The van der Waals surface area contributed by atoms with Crippen molar-refractivity contribution in [2.75, 3.05) is 19.8 Å². The summed E-state index contributed by atoms with van der Waals surface area (Å²) in [6.45, 7) is 1.69. The SMILES string of the molecule is O=C(c1ccc2[nH]ccc2c1)N1CCOC[C@@H]1[C@@H]1CCC[C@H]1O. The second kappa shape index (κ2) is 5.98. The maximum atomic E-state index is 13.0. The van der Waals surface area contributed by atoms with Crippen molar-refractivity contribution in [3.05, 3.63) is 36.0 Å². The van der Waals surface area contributed by atoms with Gasteiger partial charge in [-0.05, 0) is 37.1 Å². The van der Waals surface area contributed by atoms with E-state index in [2.05, 4.69) is 4.98 Å². The van der Waals surface area contributed by atoms with Crippen LogP contribution in [0.2, 0.25) is 0 Å². The summed E-state index contributed by atoms with van der Waals surface area (Å²) in [5, 5.41) is 11.3. The van der Waals surface area contributed by atoms with Gasteiger partial charge in [-0.25, -0.2) is 0 Å². The van der Waals surface area contributed by atoms with Crippen LogP contribution in [0.25, 0.3) is 10.9 Å². The van der Waals surface area contributed by atoms with E-state index >= 15 is 0 Å². The van der Waals surface area contributed by atoms with Crippen LogP contribution in [0.1, 0.15) is 29.6 Å². The molecule has 1 aromatic carbocycles. The van der Waals surface area contributed by atoms with Gasteiger partial charge >= 0.3 is 0 Å². The fraction of sp³-hybridized carbons (Fsp3) is 0.500. The van der Waals surface area contributed by atoms with E-state index in [0.29, 0.717) is 25.3 Å². The lowest BCUT2D eigenvalue weighted by atomic mass is 9.93. The van der Waals surface area contributed by atoms with Gasteiger partial charge in [0.1, 0.15) is 0 Å². The lowest BCUT2D eigenvalue weighted by molar-refractivity contribution is -0.0383. The summed E-state index contributed by atoms with van der Waals surface area (Å²) in [5.41, 5.74) is 1.74. The Labute approximate surface area is 135 Å². The normalized spacial score (nSPS) is 28.4. The first-order valence-electron chi connectivity index (χ1n) is 8.38. The average Bonchev–Trinajstić information content (AvgIpc) is 3.22. The minimum Gasteiger partial charge on any atom is -0.393 e. The number of morpholine rings is 1. The molecule has 2 N–H and O–H groups in total. The summed E-state index contributed by atoms with van der Waals surface area (Å²) >= 11 is 0. The quantitative estimate of drug-likeness (QED) is 0.893. The Balaban J connectivity index is 1.61. The molecule has 1 saturated carbocycles. The van der Waals surface area contributed by atoms with Crippen LogP contribution in [0.3, 0.4) is 0 Å². The zero-order valence-corrected chi connectivity index (χ0v) is 13.1. The smallest absolute Gasteiger partial charge is 0.254 e. The number of hydrogen-bond donors (Lipinski definition) is 2. The molecular formula is C18H22N2O3. The average molecular weight is 314 g/mol. The van der Waals surface area contributed by atoms with Gasteiger partial charge in [0.25, 0.3) is 5.91 Å². The molecule has 5 nitrogen and oxygen atoms in total. The second-order valence-electron chi connectivity index (χ2n) is 6.58. The number of aliphatic hydroxyl groups excluding tert-OH is 1. The Hall–Kier alpha value is -1.85. The molecule has 2 heterocycles. The third kappa shape index (κ3) is 2.64. The van der Waals surface area contributed by atoms with Crippen LogP contribution in [-0.2, 0) is 4.74 Å². The monoisotopic (exact) mass is 314 g/mol. The number of fused-ring (bicyclic) bond motifs is 1. The summed E-state index contributed by atoms with van der Waals surface area (Å²) in [6, 6.07) is 7.71. The number of nitrogens with zero attached hydrogens (tertiary/aromatic N) is 1. The highest BCUT2D eigenvalue weighted by molar-refractivity contribution is 5.98. The van der Waals surface area contributed by atoms with E-state index in [1.807, 2.05) is 35.4 Å². The van der Waals surface area contributed by atoms with E-state index < -0.39 is 0 Å². The van der Waals surface area contributed by atoms with Gasteiger partial charge in [0.2, 0.25) is 0 Å². The molecule has 0 bridgehead atoms.